The highest BCUT2D eigenvalue weighted by Crippen LogP contribution is 2.13. The number of rotatable bonds is 13. The number of aryl methyl sites for hydroxylation is 2. The zero-order chi connectivity index (χ0) is 20.7. The molecule has 0 amide bonds. The van der Waals surface area contributed by atoms with Gasteiger partial charge in [-0.3, -0.25) is 0 Å². The first-order valence-corrected chi connectivity index (χ1v) is 11.3. The molecule has 0 fully saturated rings. The second-order valence-corrected chi connectivity index (χ2v) is 7.93. The first-order chi connectivity index (χ1) is 14.2. The van der Waals surface area contributed by atoms with E-state index in [0.29, 0.717) is 6.54 Å². The zero-order valence-electron chi connectivity index (χ0n) is 18.0. The van der Waals surface area contributed by atoms with E-state index < -0.39 is 0 Å². The molecule has 0 atom stereocenters. The number of nitrogens with one attached hydrogen (secondary N) is 2. The Hall–Kier alpha value is -1.96. The molecule has 2 aromatic rings. The molecular formula is C22H35N5OS. The van der Waals surface area contributed by atoms with E-state index in [4.69, 9.17) is 9.72 Å². The Morgan fingerprint density at radius 2 is 2.00 bits per heavy atom. The van der Waals surface area contributed by atoms with Gasteiger partial charge in [0.15, 0.2) is 5.96 Å². The third-order valence-electron chi connectivity index (χ3n) is 4.49. The van der Waals surface area contributed by atoms with Crippen molar-refractivity contribution in [2.24, 2.45) is 4.99 Å². The summed E-state index contributed by atoms with van der Waals surface area (Å²) >= 11 is 1.73. The number of aliphatic imine (C=N–C) groups is 1. The molecule has 0 aliphatic rings. The van der Waals surface area contributed by atoms with E-state index in [1.165, 1.54) is 10.6 Å². The van der Waals surface area contributed by atoms with E-state index in [2.05, 4.69) is 70.2 Å². The summed E-state index contributed by atoms with van der Waals surface area (Å²) < 4.78 is 5.10. The van der Waals surface area contributed by atoms with Crippen molar-refractivity contribution in [2.45, 2.75) is 32.7 Å². The molecule has 0 radical (unpaired) electrons. The maximum Gasteiger partial charge on any atom is 0.191 e. The van der Waals surface area contributed by atoms with Crippen molar-refractivity contribution in [2.75, 3.05) is 46.9 Å². The van der Waals surface area contributed by atoms with E-state index in [9.17, 15) is 0 Å². The van der Waals surface area contributed by atoms with Crippen LogP contribution in [0.15, 0.2) is 40.7 Å². The first-order valence-electron chi connectivity index (χ1n) is 10.4. The summed E-state index contributed by atoms with van der Waals surface area (Å²) in [6.07, 6.45) is 3.06. The van der Waals surface area contributed by atoms with Gasteiger partial charge in [-0.15, -0.1) is 11.3 Å². The van der Waals surface area contributed by atoms with Crippen LogP contribution in [0.25, 0.3) is 0 Å². The maximum atomic E-state index is 5.10. The van der Waals surface area contributed by atoms with Gasteiger partial charge in [0, 0.05) is 51.7 Å². The predicted molar refractivity (Wildman–Crippen MR) is 123 cm³/mol. The summed E-state index contributed by atoms with van der Waals surface area (Å²) in [6.45, 7) is 7.19. The van der Waals surface area contributed by atoms with Crippen LogP contribution in [0.1, 0.15) is 29.6 Å². The normalized spacial score (nSPS) is 11.8. The molecule has 0 aliphatic carbocycles. The summed E-state index contributed by atoms with van der Waals surface area (Å²) in [7, 11) is 3.88. The predicted octanol–water partition coefficient (Wildman–Crippen LogP) is 2.95. The Labute approximate surface area is 179 Å². The Morgan fingerprint density at radius 1 is 1.17 bits per heavy atom. The molecule has 0 saturated heterocycles. The lowest BCUT2D eigenvalue weighted by molar-refractivity contribution is 0.180. The van der Waals surface area contributed by atoms with Crippen LogP contribution in [0.2, 0.25) is 0 Å². The molecule has 1 heterocycles. The molecule has 160 valence electrons. The van der Waals surface area contributed by atoms with Gasteiger partial charge in [0.25, 0.3) is 0 Å². The quantitative estimate of drug-likeness (QED) is 0.298. The summed E-state index contributed by atoms with van der Waals surface area (Å²) in [5.41, 5.74) is 2.39. The standard InChI is InChI=1S/C22H35N5OS/c1-4-23-22(24-13-15-27(2)14-8-16-28-3)25-17-20-18-29-21(26-20)12-11-19-9-6-5-7-10-19/h5-7,9-10,18H,4,8,11-17H2,1-3H3,(H2,23,24,25). The average Bonchev–Trinajstić information content (AvgIpc) is 3.19. The molecule has 0 bridgehead atoms. The Bertz CT molecular complexity index is 704. The van der Waals surface area contributed by atoms with Crippen LogP contribution in [0.4, 0.5) is 0 Å². The zero-order valence-corrected chi connectivity index (χ0v) is 18.8. The summed E-state index contributed by atoms with van der Waals surface area (Å²) in [4.78, 5) is 11.7. The lowest BCUT2D eigenvalue weighted by atomic mass is 10.1. The van der Waals surface area contributed by atoms with E-state index >= 15 is 0 Å². The number of nitrogens with zero attached hydrogens (tertiary/aromatic N) is 3. The van der Waals surface area contributed by atoms with Crippen LogP contribution in [0.3, 0.4) is 0 Å². The van der Waals surface area contributed by atoms with Crippen LogP contribution < -0.4 is 10.6 Å². The van der Waals surface area contributed by atoms with Gasteiger partial charge in [-0.1, -0.05) is 30.3 Å². The van der Waals surface area contributed by atoms with Gasteiger partial charge in [-0.25, -0.2) is 9.98 Å². The first kappa shape index (κ1) is 23.3. The van der Waals surface area contributed by atoms with Gasteiger partial charge < -0.3 is 20.3 Å². The highest BCUT2D eigenvalue weighted by atomic mass is 32.1. The Balaban J connectivity index is 1.75. The molecule has 2 N–H and O–H groups in total. The number of hydrogen-bond acceptors (Lipinski definition) is 5. The molecule has 1 aromatic heterocycles. The van der Waals surface area contributed by atoms with Crippen molar-refractivity contribution in [3.63, 3.8) is 0 Å². The van der Waals surface area contributed by atoms with Crippen molar-refractivity contribution in [1.29, 1.82) is 0 Å². The molecule has 0 aliphatic heterocycles. The highest BCUT2D eigenvalue weighted by molar-refractivity contribution is 7.09. The summed E-state index contributed by atoms with van der Waals surface area (Å²) in [6, 6.07) is 10.6. The molecule has 2 rings (SSSR count). The number of methoxy groups -OCH3 is 1. The largest absolute Gasteiger partial charge is 0.385 e. The van der Waals surface area contributed by atoms with Crippen LogP contribution >= 0.6 is 11.3 Å². The second-order valence-electron chi connectivity index (χ2n) is 6.99. The van der Waals surface area contributed by atoms with Crippen molar-refractivity contribution in [3.8, 4) is 0 Å². The molecule has 6 nitrogen and oxygen atoms in total. The minimum absolute atomic E-state index is 0.598. The van der Waals surface area contributed by atoms with Crippen LogP contribution in [-0.2, 0) is 24.1 Å². The smallest absolute Gasteiger partial charge is 0.191 e. The van der Waals surface area contributed by atoms with Crippen molar-refractivity contribution >= 4 is 17.3 Å². The highest BCUT2D eigenvalue weighted by Gasteiger charge is 2.04. The van der Waals surface area contributed by atoms with Gasteiger partial charge in [0.05, 0.1) is 17.2 Å². The number of benzene rings is 1. The second kappa shape index (κ2) is 14.1. The molecule has 29 heavy (non-hydrogen) atoms. The van der Waals surface area contributed by atoms with E-state index in [1.54, 1.807) is 18.4 Å². The number of guanidine groups is 1. The van der Waals surface area contributed by atoms with Gasteiger partial charge >= 0.3 is 0 Å². The fourth-order valence-corrected chi connectivity index (χ4v) is 3.68. The number of hydrogen-bond donors (Lipinski definition) is 2. The Morgan fingerprint density at radius 3 is 2.76 bits per heavy atom. The van der Waals surface area contributed by atoms with Crippen LogP contribution in [-0.4, -0.2) is 62.8 Å². The Kier molecular flexibility index (Phi) is 11.3. The number of thiazole rings is 1. The molecule has 0 spiro atoms. The summed E-state index contributed by atoms with van der Waals surface area (Å²) in [5.74, 6) is 0.844. The minimum atomic E-state index is 0.598. The number of aromatic nitrogens is 1. The molecule has 0 saturated carbocycles. The third kappa shape index (κ3) is 9.87. The number of likely N-dealkylation sites (N-methyl/N-ethyl adjacent to an activating group) is 1. The molecule has 0 unspecified atom stereocenters. The van der Waals surface area contributed by atoms with E-state index in [1.807, 2.05) is 0 Å². The van der Waals surface area contributed by atoms with Gasteiger partial charge in [0.1, 0.15) is 0 Å². The van der Waals surface area contributed by atoms with Crippen molar-refractivity contribution in [1.82, 2.24) is 20.5 Å². The summed E-state index contributed by atoms with van der Waals surface area (Å²) in [5, 5.41) is 10.0. The van der Waals surface area contributed by atoms with Gasteiger partial charge in [-0.05, 0) is 32.4 Å². The lowest BCUT2D eigenvalue weighted by Gasteiger charge is -2.18. The van der Waals surface area contributed by atoms with Gasteiger partial charge in [-0.2, -0.15) is 0 Å². The van der Waals surface area contributed by atoms with E-state index in [0.717, 1.165) is 63.7 Å². The molecular weight excluding hydrogens is 382 g/mol. The van der Waals surface area contributed by atoms with Gasteiger partial charge in [0.2, 0.25) is 0 Å². The van der Waals surface area contributed by atoms with Crippen molar-refractivity contribution in [3.05, 3.63) is 52.0 Å². The van der Waals surface area contributed by atoms with Crippen LogP contribution in [0.5, 0.6) is 0 Å². The fourth-order valence-electron chi connectivity index (χ4n) is 2.89. The SMILES string of the molecule is CCNC(=NCc1csc(CCc2ccccc2)n1)NCCN(C)CCCOC. The topological polar surface area (TPSA) is 61.8 Å². The lowest BCUT2D eigenvalue weighted by Crippen LogP contribution is -2.41. The van der Waals surface area contributed by atoms with Crippen LogP contribution in [0, 0.1) is 0 Å². The monoisotopic (exact) mass is 417 g/mol. The number of ether oxygens (including phenoxy) is 1. The third-order valence-corrected chi connectivity index (χ3v) is 5.44. The molecule has 1 aromatic carbocycles. The fraction of sp³-hybridized carbons (Fsp3) is 0.545. The average molecular weight is 418 g/mol. The maximum absolute atomic E-state index is 5.10. The molecule has 7 heteroatoms. The van der Waals surface area contributed by atoms with Crippen molar-refractivity contribution < 1.29 is 4.74 Å². The van der Waals surface area contributed by atoms with E-state index in [-0.39, 0.29) is 0 Å². The minimum Gasteiger partial charge on any atom is -0.385 e.